The molecule has 1 atom stereocenters. The summed E-state index contributed by atoms with van der Waals surface area (Å²) in [4.78, 5) is 26.5. The molecule has 1 aromatic heterocycles. The van der Waals surface area contributed by atoms with Gasteiger partial charge in [-0.05, 0) is 25.0 Å². The number of amides is 1. The molecule has 0 aliphatic carbocycles. The normalized spacial score (nSPS) is 11.6. The van der Waals surface area contributed by atoms with Crippen molar-refractivity contribution in [2.75, 3.05) is 0 Å². The summed E-state index contributed by atoms with van der Waals surface area (Å²) in [6.07, 6.45) is 4.05. The van der Waals surface area contributed by atoms with Crippen LogP contribution in [-0.4, -0.2) is 28.0 Å². The van der Waals surface area contributed by atoms with Crippen LogP contribution in [0.25, 0.3) is 0 Å². The van der Waals surface area contributed by atoms with Crippen molar-refractivity contribution < 1.29 is 14.7 Å². The maximum atomic E-state index is 11.6. The molecule has 1 rings (SSSR count). The molecule has 0 aliphatic heterocycles. The highest BCUT2D eigenvalue weighted by molar-refractivity contribution is 5.83. The van der Waals surface area contributed by atoms with Crippen LogP contribution in [0.3, 0.4) is 0 Å². The maximum Gasteiger partial charge on any atom is 0.326 e. The summed E-state index contributed by atoms with van der Waals surface area (Å²) in [5, 5.41) is 11.3. The number of carboxylic acid groups (broad SMARTS) is 1. The SMILES string of the molecule is C=CCC(NC(=O)CCc1ccccn1)C(=O)O. The minimum absolute atomic E-state index is 0.213. The first-order valence-electron chi connectivity index (χ1n) is 5.66. The molecular weight excluding hydrogens is 232 g/mol. The summed E-state index contributed by atoms with van der Waals surface area (Å²) in [7, 11) is 0. The Labute approximate surface area is 106 Å². The van der Waals surface area contributed by atoms with Crippen LogP contribution in [0.5, 0.6) is 0 Å². The molecule has 18 heavy (non-hydrogen) atoms. The number of carbonyl (C=O) groups excluding carboxylic acids is 1. The summed E-state index contributed by atoms with van der Waals surface area (Å²) >= 11 is 0. The minimum atomic E-state index is -1.05. The second kappa shape index (κ2) is 7.21. The molecule has 1 amide bonds. The number of aliphatic carboxylic acids is 1. The highest BCUT2D eigenvalue weighted by Crippen LogP contribution is 2.00. The molecule has 96 valence electrons. The van der Waals surface area contributed by atoms with E-state index >= 15 is 0 Å². The summed E-state index contributed by atoms with van der Waals surface area (Å²) in [6.45, 7) is 3.46. The Balaban J connectivity index is 2.41. The van der Waals surface area contributed by atoms with Crippen LogP contribution < -0.4 is 5.32 Å². The van der Waals surface area contributed by atoms with E-state index in [-0.39, 0.29) is 18.7 Å². The van der Waals surface area contributed by atoms with Crippen molar-refractivity contribution in [2.45, 2.75) is 25.3 Å². The van der Waals surface area contributed by atoms with Crippen molar-refractivity contribution in [3.63, 3.8) is 0 Å². The van der Waals surface area contributed by atoms with Crippen molar-refractivity contribution in [1.82, 2.24) is 10.3 Å². The number of aryl methyl sites for hydroxylation is 1. The summed E-state index contributed by atoms with van der Waals surface area (Å²) in [5.41, 5.74) is 0.809. The summed E-state index contributed by atoms with van der Waals surface area (Å²) < 4.78 is 0. The molecule has 5 heteroatoms. The zero-order valence-corrected chi connectivity index (χ0v) is 10.0. The third-order valence-electron chi connectivity index (χ3n) is 2.37. The van der Waals surface area contributed by atoms with E-state index in [1.807, 2.05) is 12.1 Å². The van der Waals surface area contributed by atoms with Gasteiger partial charge >= 0.3 is 5.97 Å². The number of aromatic nitrogens is 1. The number of rotatable bonds is 7. The summed E-state index contributed by atoms with van der Waals surface area (Å²) in [6, 6.07) is 4.57. The fourth-order valence-electron chi connectivity index (χ4n) is 1.44. The zero-order valence-electron chi connectivity index (χ0n) is 10.0. The molecule has 1 heterocycles. The van der Waals surface area contributed by atoms with Gasteiger partial charge in [0.2, 0.25) is 5.91 Å². The van der Waals surface area contributed by atoms with E-state index in [1.54, 1.807) is 12.3 Å². The molecular formula is C13H16N2O3. The van der Waals surface area contributed by atoms with Gasteiger partial charge in [-0.3, -0.25) is 9.78 Å². The van der Waals surface area contributed by atoms with Crippen molar-refractivity contribution in [2.24, 2.45) is 0 Å². The Bertz CT molecular complexity index is 418. The van der Waals surface area contributed by atoms with Gasteiger partial charge in [0.1, 0.15) is 6.04 Å². The lowest BCUT2D eigenvalue weighted by Gasteiger charge is -2.12. The van der Waals surface area contributed by atoms with Crippen molar-refractivity contribution in [3.8, 4) is 0 Å². The predicted octanol–water partition coefficient (Wildman–Crippen LogP) is 1.16. The second-order valence-electron chi connectivity index (χ2n) is 3.80. The lowest BCUT2D eigenvalue weighted by atomic mass is 10.1. The van der Waals surface area contributed by atoms with E-state index in [2.05, 4.69) is 16.9 Å². The molecule has 5 nitrogen and oxygen atoms in total. The Morgan fingerprint density at radius 2 is 2.28 bits per heavy atom. The molecule has 0 aromatic carbocycles. The molecule has 1 unspecified atom stereocenters. The molecule has 0 saturated carbocycles. The van der Waals surface area contributed by atoms with Crippen molar-refractivity contribution in [3.05, 3.63) is 42.7 Å². The van der Waals surface area contributed by atoms with E-state index in [0.717, 1.165) is 5.69 Å². The highest BCUT2D eigenvalue weighted by atomic mass is 16.4. The number of nitrogens with one attached hydrogen (secondary N) is 1. The van der Waals surface area contributed by atoms with Crippen LogP contribution in [0.15, 0.2) is 37.1 Å². The Kier molecular flexibility index (Phi) is 5.57. The van der Waals surface area contributed by atoms with Gasteiger partial charge in [-0.25, -0.2) is 4.79 Å². The first kappa shape index (κ1) is 13.9. The fourth-order valence-corrected chi connectivity index (χ4v) is 1.44. The predicted molar refractivity (Wildman–Crippen MR) is 66.9 cm³/mol. The maximum absolute atomic E-state index is 11.6. The van der Waals surface area contributed by atoms with Gasteiger partial charge in [0.15, 0.2) is 0 Å². The van der Waals surface area contributed by atoms with Gasteiger partial charge in [0.05, 0.1) is 0 Å². The van der Waals surface area contributed by atoms with Crippen molar-refractivity contribution in [1.29, 1.82) is 0 Å². The van der Waals surface area contributed by atoms with Crippen LogP contribution in [-0.2, 0) is 16.0 Å². The number of carbonyl (C=O) groups is 2. The van der Waals surface area contributed by atoms with E-state index in [1.165, 1.54) is 6.08 Å². The molecule has 0 fully saturated rings. The van der Waals surface area contributed by atoms with Gasteiger partial charge in [-0.1, -0.05) is 12.1 Å². The highest BCUT2D eigenvalue weighted by Gasteiger charge is 2.17. The number of pyridine rings is 1. The first-order chi connectivity index (χ1) is 8.63. The second-order valence-corrected chi connectivity index (χ2v) is 3.80. The topological polar surface area (TPSA) is 79.3 Å². The lowest BCUT2D eigenvalue weighted by molar-refractivity contribution is -0.141. The zero-order chi connectivity index (χ0) is 13.4. The van der Waals surface area contributed by atoms with Gasteiger partial charge in [-0.2, -0.15) is 0 Å². The quantitative estimate of drug-likeness (QED) is 0.710. The molecule has 1 aromatic rings. The van der Waals surface area contributed by atoms with E-state index in [0.29, 0.717) is 6.42 Å². The third-order valence-corrected chi connectivity index (χ3v) is 2.37. The minimum Gasteiger partial charge on any atom is -0.480 e. The molecule has 2 N–H and O–H groups in total. The van der Waals surface area contributed by atoms with E-state index in [9.17, 15) is 9.59 Å². The Hall–Kier alpha value is -2.17. The first-order valence-corrected chi connectivity index (χ1v) is 5.66. The fraction of sp³-hybridized carbons (Fsp3) is 0.308. The van der Waals surface area contributed by atoms with Gasteiger partial charge in [-0.15, -0.1) is 6.58 Å². The van der Waals surface area contributed by atoms with Gasteiger partial charge < -0.3 is 10.4 Å². The number of carboxylic acids is 1. The smallest absolute Gasteiger partial charge is 0.326 e. The largest absolute Gasteiger partial charge is 0.480 e. The number of nitrogens with zero attached hydrogens (tertiary/aromatic N) is 1. The molecule has 0 spiro atoms. The van der Waals surface area contributed by atoms with Crippen molar-refractivity contribution >= 4 is 11.9 Å². The van der Waals surface area contributed by atoms with Gasteiger partial charge in [0, 0.05) is 18.3 Å². The Morgan fingerprint density at radius 1 is 1.50 bits per heavy atom. The van der Waals surface area contributed by atoms with Gasteiger partial charge in [0.25, 0.3) is 0 Å². The standard InChI is InChI=1S/C13H16N2O3/c1-2-5-11(13(17)18)15-12(16)8-7-10-6-3-4-9-14-10/h2-4,6,9,11H,1,5,7-8H2,(H,15,16)(H,17,18). The molecule has 0 radical (unpaired) electrons. The van der Waals surface area contributed by atoms with Crippen LogP contribution >= 0.6 is 0 Å². The average Bonchev–Trinajstić information content (AvgIpc) is 2.37. The monoisotopic (exact) mass is 248 g/mol. The average molecular weight is 248 g/mol. The lowest BCUT2D eigenvalue weighted by Crippen LogP contribution is -2.40. The molecule has 0 aliphatic rings. The van der Waals surface area contributed by atoms with Crippen LogP contribution in [0.2, 0.25) is 0 Å². The van der Waals surface area contributed by atoms with E-state index < -0.39 is 12.0 Å². The summed E-state index contributed by atoms with van der Waals surface area (Å²) in [5.74, 6) is -1.35. The number of hydrogen-bond acceptors (Lipinski definition) is 3. The van der Waals surface area contributed by atoms with E-state index in [4.69, 9.17) is 5.11 Å². The van der Waals surface area contributed by atoms with Crippen LogP contribution in [0, 0.1) is 0 Å². The van der Waals surface area contributed by atoms with Crippen LogP contribution in [0.1, 0.15) is 18.5 Å². The molecule has 0 bridgehead atoms. The van der Waals surface area contributed by atoms with Crippen LogP contribution in [0.4, 0.5) is 0 Å². The molecule has 0 saturated heterocycles. The Morgan fingerprint density at radius 3 is 2.83 bits per heavy atom. The number of hydrogen-bond donors (Lipinski definition) is 2. The third kappa shape index (κ3) is 4.78.